The molecule has 3 N–H and O–H groups in total. The molecule has 0 aliphatic carbocycles. The van der Waals surface area contributed by atoms with Gasteiger partial charge in [0.2, 0.25) is 0 Å². The van der Waals surface area contributed by atoms with Gasteiger partial charge in [-0.05, 0) is 42.4 Å². The number of anilines is 1. The van der Waals surface area contributed by atoms with Gasteiger partial charge < -0.3 is 16.0 Å². The molecule has 2 rings (SSSR count). The molecule has 0 radical (unpaired) electrons. The van der Waals surface area contributed by atoms with Crippen molar-refractivity contribution in [3.63, 3.8) is 0 Å². The average molecular weight is 275 g/mol. The summed E-state index contributed by atoms with van der Waals surface area (Å²) >= 11 is 0. The van der Waals surface area contributed by atoms with Crippen molar-refractivity contribution in [3.05, 3.63) is 29.8 Å². The zero-order valence-corrected chi connectivity index (χ0v) is 12.4. The Morgan fingerprint density at radius 1 is 1.30 bits per heavy atom. The number of carbonyl (C=O) groups excluding carboxylic acids is 1. The van der Waals surface area contributed by atoms with Crippen LogP contribution < -0.4 is 11.1 Å². The highest BCUT2D eigenvalue weighted by Crippen LogP contribution is 2.24. The first-order chi connectivity index (χ1) is 9.60. The minimum atomic E-state index is 0.00713. The van der Waals surface area contributed by atoms with Crippen molar-refractivity contribution in [1.82, 2.24) is 4.90 Å². The quantitative estimate of drug-likeness (QED) is 0.890. The minimum Gasteiger partial charge on any atom is -0.326 e. The van der Waals surface area contributed by atoms with Gasteiger partial charge in [0.1, 0.15) is 0 Å². The van der Waals surface area contributed by atoms with E-state index in [4.69, 9.17) is 5.73 Å². The van der Waals surface area contributed by atoms with Gasteiger partial charge in [-0.25, -0.2) is 4.79 Å². The second-order valence-electron chi connectivity index (χ2n) is 5.90. The number of amides is 2. The van der Waals surface area contributed by atoms with Crippen molar-refractivity contribution >= 4 is 11.7 Å². The number of urea groups is 1. The first-order valence-electron chi connectivity index (χ1n) is 7.45. The molecule has 20 heavy (non-hydrogen) atoms. The van der Waals surface area contributed by atoms with E-state index in [-0.39, 0.29) is 6.03 Å². The molecule has 110 valence electrons. The Morgan fingerprint density at radius 2 is 1.90 bits per heavy atom. The molecule has 2 amide bonds. The van der Waals surface area contributed by atoms with E-state index < -0.39 is 0 Å². The molecule has 1 aromatic carbocycles. The van der Waals surface area contributed by atoms with Crippen LogP contribution in [0.2, 0.25) is 0 Å². The van der Waals surface area contributed by atoms with Gasteiger partial charge >= 0.3 is 6.03 Å². The Balaban J connectivity index is 1.86. The number of hydrogen-bond donors (Lipinski definition) is 2. The molecular formula is C16H25N3O. The summed E-state index contributed by atoms with van der Waals surface area (Å²) in [6.07, 6.45) is 2.22. The third kappa shape index (κ3) is 3.73. The van der Waals surface area contributed by atoms with E-state index in [1.807, 2.05) is 29.2 Å². The fourth-order valence-corrected chi connectivity index (χ4v) is 2.70. The van der Waals surface area contributed by atoms with Gasteiger partial charge in [-0.1, -0.05) is 26.0 Å². The molecule has 4 heteroatoms. The highest BCUT2D eigenvalue weighted by molar-refractivity contribution is 5.89. The van der Waals surface area contributed by atoms with Crippen molar-refractivity contribution in [3.8, 4) is 0 Å². The summed E-state index contributed by atoms with van der Waals surface area (Å²) in [5, 5.41) is 2.95. The Bertz CT molecular complexity index is 434. The average Bonchev–Trinajstić information content (AvgIpc) is 2.48. The topological polar surface area (TPSA) is 58.4 Å². The van der Waals surface area contributed by atoms with Gasteiger partial charge in [0.25, 0.3) is 0 Å². The normalized spacial score (nSPS) is 16.5. The van der Waals surface area contributed by atoms with E-state index in [1.54, 1.807) is 0 Å². The Hall–Kier alpha value is -1.55. The molecule has 0 saturated carbocycles. The van der Waals surface area contributed by atoms with Crippen molar-refractivity contribution in [2.45, 2.75) is 33.2 Å². The van der Waals surface area contributed by atoms with E-state index in [9.17, 15) is 4.79 Å². The van der Waals surface area contributed by atoms with Crippen LogP contribution in [0, 0.1) is 11.8 Å². The van der Waals surface area contributed by atoms with Crippen LogP contribution in [0.1, 0.15) is 32.3 Å². The van der Waals surface area contributed by atoms with E-state index in [1.165, 1.54) is 0 Å². The third-order valence-electron chi connectivity index (χ3n) is 4.21. The summed E-state index contributed by atoms with van der Waals surface area (Å²) in [6.45, 7) is 6.76. The van der Waals surface area contributed by atoms with E-state index in [0.717, 1.165) is 43.1 Å². The smallest absolute Gasteiger partial charge is 0.321 e. The van der Waals surface area contributed by atoms with Gasteiger partial charge in [0.05, 0.1) is 0 Å². The molecule has 0 spiro atoms. The summed E-state index contributed by atoms with van der Waals surface area (Å²) < 4.78 is 0. The van der Waals surface area contributed by atoms with Gasteiger partial charge in [-0.2, -0.15) is 0 Å². The van der Waals surface area contributed by atoms with Crippen molar-refractivity contribution in [2.24, 2.45) is 17.6 Å². The van der Waals surface area contributed by atoms with Crippen LogP contribution >= 0.6 is 0 Å². The van der Waals surface area contributed by atoms with Crippen molar-refractivity contribution in [1.29, 1.82) is 0 Å². The predicted octanol–water partition coefficient (Wildman–Crippen LogP) is 3.05. The maximum absolute atomic E-state index is 12.2. The number of carbonyl (C=O) groups is 1. The molecule has 1 aliphatic rings. The van der Waals surface area contributed by atoms with E-state index >= 15 is 0 Å². The van der Waals surface area contributed by atoms with Crippen LogP contribution in [0.3, 0.4) is 0 Å². The predicted molar refractivity (Wildman–Crippen MR) is 82.5 cm³/mol. The number of piperidine rings is 1. The molecule has 0 unspecified atom stereocenters. The number of nitrogens with zero attached hydrogens (tertiary/aromatic N) is 1. The first-order valence-corrected chi connectivity index (χ1v) is 7.45. The number of nitrogens with one attached hydrogen (secondary N) is 1. The summed E-state index contributed by atoms with van der Waals surface area (Å²) in [7, 11) is 0. The summed E-state index contributed by atoms with van der Waals surface area (Å²) in [6, 6.07) is 7.70. The monoisotopic (exact) mass is 275 g/mol. The first kappa shape index (κ1) is 14.9. The lowest BCUT2D eigenvalue weighted by atomic mass is 9.87. The number of hydrogen-bond acceptors (Lipinski definition) is 2. The molecule has 4 nitrogen and oxygen atoms in total. The van der Waals surface area contributed by atoms with Gasteiger partial charge in [0.15, 0.2) is 0 Å². The Kier molecular flexibility index (Phi) is 5.01. The van der Waals surface area contributed by atoms with E-state index in [0.29, 0.717) is 12.5 Å². The van der Waals surface area contributed by atoms with Crippen LogP contribution in [-0.2, 0) is 6.54 Å². The maximum atomic E-state index is 12.2. The fraction of sp³-hybridized carbons (Fsp3) is 0.562. The standard InChI is InChI=1S/C16H25N3O/c1-12(2)14-7-9-19(10-8-14)16(20)18-15-5-3-13(11-17)4-6-15/h3-6,12,14H,7-11,17H2,1-2H3,(H,18,20). The zero-order chi connectivity index (χ0) is 14.5. The second-order valence-corrected chi connectivity index (χ2v) is 5.90. The highest BCUT2D eigenvalue weighted by Gasteiger charge is 2.24. The number of benzene rings is 1. The second kappa shape index (κ2) is 6.75. The lowest BCUT2D eigenvalue weighted by Gasteiger charge is -2.33. The third-order valence-corrected chi connectivity index (χ3v) is 4.21. The molecule has 0 bridgehead atoms. The summed E-state index contributed by atoms with van der Waals surface area (Å²) in [4.78, 5) is 14.1. The number of rotatable bonds is 3. The van der Waals surface area contributed by atoms with Crippen LogP contribution in [-0.4, -0.2) is 24.0 Å². The van der Waals surface area contributed by atoms with Crippen LogP contribution in [0.5, 0.6) is 0 Å². The number of likely N-dealkylation sites (tertiary alicyclic amines) is 1. The maximum Gasteiger partial charge on any atom is 0.321 e. The lowest BCUT2D eigenvalue weighted by molar-refractivity contribution is 0.167. The van der Waals surface area contributed by atoms with Crippen LogP contribution in [0.4, 0.5) is 10.5 Å². The lowest BCUT2D eigenvalue weighted by Crippen LogP contribution is -2.41. The summed E-state index contributed by atoms with van der Waals surface area (Å²) in [5.41, 5.74) is 7.46. The molecule has 1 saturated heterocycles. The molecule has 0 atom stereocenters. The Labute approximate surface area is 121 Å². The molecule has 1 aliphatic heterocycles. The van der Waals surface area contributed by atoms with Gasteiger partial charge in [0, 0.05) is 25.3 Å². The van der Waals surface area contributed by atoms with E-state index in [2.05, 4.69) is 19.2 Å². The SMILES string of the molecule is CC(C)C1CCN(C(=O)Nc2ccc(CN)cc2)CC1. The van der Waals surface area contributed by atoms with Crippen molar-refractivity contribution < 1.29 is 4.79 Å². The molecule has 1 aromatic rings. The van der Waals surface area contributed by atoms with Gasteiger partial charge in [-0.3, -0.25) is 0 Å². The van der Waals surface area contributed by atoms with Gasteiger partial charge in [-0.15, -0.1) is 0 Å². The van der Waals surface area contributed by atoms with Crippen molar-refractivity contribution in [2.75, 3.05) is 18.4 Å². The largest absolute Gasteiger partial charge is 0.326 e. The minimum absolute atomic E-state index is 0.00713. The highest BCUT2D eigenvalue weighted by atomic mass is 16.2. The van der Waals surface area contributed by atoms with Crippen LogP contribution in [0.15, 0.2) is 24.3 Å². The molecule has 1 fully saturated rings. The zero-order valence-electron chi connectivity index (χ0n) is 12.4. The molecular weight excluding hydrogens is 250 g/mol. The van der Waals surface area contributed by atoms with Crippen LogP contribution in [0.25, 0.3) is 0 Å². The Morgan fingerprint density at radius 3 is 2.40 bits per heavy atom. The molecule has 1 heterocycles. The fourth-order valence-electron chi connectivity index (χ4n) is 2.70. The summed E-state index contributed by atoms with van der Waals surface area (Å²) in [5.74, 6) is 1.46. The number of nitrogens with two attached hydrogens (primary N) is 1. The molecule has 0 aromatic heterocycles.